The van der Waals surface area contributed by atoms with Crippen LogP contribution in [0.3, 0.4) is 0 Å². The fourth-order valence-electron chi connectivity index (χ4n) is 2.27. The van der Waals surface area contributed by atoms with Crippen molar-refractivity contribution in [1.82, 2.24) is 9.88 Å². The van der Waals surface area contributed by atoms with Crippen molar-refractivity contribution >= 4 is 34.5 Å². The first kappa shape index (κ1) is 20.7. The lowest BCUT2D eigenvalue weighted by molar-refractivity contribution is -0.137. The van der Waals surface area contributed by atoms with Crippen molar-refractivity contribution in [1.29, 1.82) is 0 Å². The van der Waals surface area contributed by atoms with Gasteiger partial charge in [-0.15, -0.1) is 11.3 Å². The molecule has 1 aromatic carbocycles. The number of aromatic nitrogens is 1. The standard InChI is InChI=1S/C17H19ClF3N3OS/c1-4-15-22-12(9-26-15)8-24(3)10(2)16(25)23-14-6-5-11(18)7-13(14)17(19,20)21/h5-7,9-10H,4,8H2,1-3H3,(H,23,25). The van der Waals surface area contributed by atoms with Crippen LogP contribution in [0.2, 0.25) is 5.02 Å². The second-order valence-electron chi connectivity index (χ2n) is 5.85. The molecule has 0 saturated heterocycles. The maximum absolute atomic E-state index is 13.1. The van der Waals surface area contributed by atoms with Gasteiger partial charge in [-0.1, -0.05) is 18.5 Å². The van der Waals surface area contributed by atoms with Crippen LogP contribution < -0.4 is 5.32 Å². The number of likely N-dealkylation sites (N-methyl/N-ethyl adjacent to an activating group) is 1. The normalized spacial score (nSPS) is 13.1. The molecule has 0 bridgehead atoms. The number of anilines is 1. The first-order valence-corrected chi connectivity index (χ1v) is 9.18. The molecule has 2 rings (SSSR count). The Morgan fingerprint density at radius 1 is 1.42 bits per heavy atom. The van der Waals surface area contributed by atoms with E-state index in [2.05, 4.69) is 10.3 Å². The van der Waals surface area contributed by atoms with Crippen LogP contribution in [0.5, 0.6) is 0 Å². The van der Waals surface area contributed by atoms with Crippen LogP contribution >= 0.6 is 22.9 Å². The highest BCUT2D eigenvalue weighted by atomic mass is 35.5. The molecule has 0 aliphatic heterocycles. The smallest absolute Gasteiger partial charge is 0.324 e. The van der Waals surface area contributed by atoms with Gasteiger partial charge in [-0.3, -0.25) is 9.69 Å². The maximum atomic E-state index is 13.1. The number of amides is 1. The number of alkyl halides is 3. The Bertz CT molecular complexity index is 779. The topological polar surface area (TPSA) is 45.2 Å². The number of nitrogens with one attached hydrogen (secondary N) is 1. The summed E-state index contributed by atoms with van der Waals surface area (Å²) in [5.74, 6) is -0.536. The summed E-state index contributed by atoms with van der Waals surface area (Å²) in [6.07, 6.45) is -3.78. The Balaban J connectivity index is 2.09. The fourth-order valence-corrected chi connectivity index (χ4v) is 3.18. The predicted molar refractivity (Wildman–Crippen MR) is 97.5 cm³/mol. The zero-order valence-electron chi connectivity index (χ0n) is 14.5. The summed E-state index contributed by atoms with van der Waals surface area (Å²) in [6.45, 7) is 4.07. The molecule has 142 valence electrons. The Kier molecular flexibility index (Phi) is 6.65. The fraction of sp³-hybridized carbons (Fsp3) is 0.412. The van der Waals surface area contributed by atoms with Gasteiger partial charge in [-0.05, 0) is 38.6 Å². The van der Waals surface area contributed by atoms with Crippen molar-refractivity contribution in [2.45, 2.75) is 39.0 Å². The van der Waals surface area contributed by atoms with Crippen molar-refractivity contribution in [3.63, 3.8) is 0 Å². The number of carbonyl (C=O) groups is 1. The lowest BCUT2D eigenvalue weighted by Gasteiger charge is -2.24. The molecule has 0 aliphatic rings. The number of benzene rings is 1. The molecule has 9 heteroatoms. The van der Waals surface area contributed by atoms with Gasteiger partial charge in [0.15, 0.2) is 0 Å². The molecule has 0 fully saturated rings. The molecule has 26 heavy (non-hydrogen) atoms. The van der Waals surface area contributed by atoms with Gasteiger partial charge in [0, 0.05) is 16.9 Å². The van der Waals surface area contributed by atoms with E-state index in [0.29, 0.717) is 6.54 Å². The van der Waals surface area contributed by atoms with Gasteiger partial charge in [0.2, 0.25) is 5.91 Å². The number of hydrogen-bond acceptors (Lipinski definition) is 4. The summed E-state index contributed by atoms with van der Waals surface area (Å²) in [7, 11) is 1.72. The molecule has 1 atom stereocenters. The summed E-state index contributed by atoms with van der Waals surface area (Å²) >= 11 is 7.19. The molecule has 0 aliphatic carbocycles. The lowest BCUT2D eigenvalue weighted by Crippen LogP contribution is -2.39. The molecule has 1 amide bonds. The van der Waals surface area contributed by atoms with Crippen LogP contribution in [0.15, 0.2) is 23.6 Å². The molecule has 1 N–H and O–H groups in total. The number of aryl methyl sites for hydroxylation is 1. The van der Waals surface area contributed by atoms with Crippen LogP contribution in [0.25, 0.3) is 0 Å². The van der Waals surface area contributed by atoms with E-state index in [4.69, 9.17) is 11.6 Å². The van der Waals surface area contributed by atoms with E-state index in [1.807, 2.05) is 12.3 Å². The maximum Gasteiger partial charge on any atom is 0.418 e. The van der Waals surface area contributed by atoms with Crippen LogP contribution in [0.4, 0.5) is 18.9 Å². The third-order valence-corrected chi connectivity index (χ3v) is 5.18. The number of rotatable bonds is 6. The quantitative estimate of drug-likeness (QED) is 0.748. The Morgan fingerprint density at radius 3 is 2.69 bits per heavy atom. The van der Waals surface area contributed by atoms with Gasteiger partial charge >= 0.3 is 6.18 Å². The van der Waals surface area contributed by atoms with Gasteiger partial charge in [-0.25, -0.2) is 4.98 Å². The Morgan fingerprint density at radius 2 is 2.12 bits per heavy atom. The van der Waals surface area contributed by atoms with Crippen LogP contribution in [0.1, 0.15) is 30.1 Å². The third kappa shape index (κ3) is 5.18. The molecule has 2 aromatic rings. The second-order valence-corrected chi connectivity index (χ2v) is 7.23. The minimum absolute atomic E-state index is 0.0456. The van der Waals surface area contributed by atoms with E-state index < -0.39 is 23.7 Å². The van der Waals surface area contributed by atoms with E-state index in [0.717, 1.165) is 29.3 Å². The number of nitrogens with zero attached hydrogens (tertiary/aromatic N) is 2. The van der Waals surface area contributed by atoms with Crippen molar-refractivity contribution < 1.29 is 18.0 Å². The average Bonchev–Trinajstić information content (AvgIpc) is 3.02. The first-order chi connectivity index (χ1) is 12.1. The highest BCUT2D eigenvalue weighted by molar-refractivity contribution is 7.09. The lowest BCUT2D eigenvalue weighted by atomic mass is 10.1. The summed E-state index contributed by atoms with van der Waals surface area (Å²) in [6, 6.07) is 2.62. The van der Waals surface area contributed by atoms with Gasteiger partial charge in [-0.2, -0.15) is 13.2 Å². The minimum atomic E-state index is -4.61. The second kappa shape index (κ2) is 8.37. The van der Waals surface area contributed by atoms with Crippen LogP contribution in [-0.4, -0.2) is 28.9 Å². The van der Waals surface area contributed by atoms with Crippen molar-refractivity contribution in [3.05, 3.63) is 44.9 Å². The number of carbonyl (C=O) groups excluding carboxylic acids is 1. The van der Waals surface area contributed by atoms with Gasteiger partial charge in [0.25, 0.3) is 0 Å². The highest BCUT2D eigenvalue weighted by Gasteiger charge is 2.34. The molecule has 0 radical (unpaired) electrons. The van der Waals surface area contributed by atoms with E-state index >= 15 is 0 Å². The highest BCUT2D eigenvalue weighted by Crippen LogP contribution is 2.36. The van der Waals surface area contributed by atoms with Crippen molar-refractivity contribution in [3.8, 4) is 0 Å². The minimum Gasteiger partial charge on any atom is -0.324 e. The van der Waals surface area contributed by atoms with E-state index in [1.165, 1.54) is 6.07 Å². The Hall–Kier alpha value is -1.64. The summed E-state index contributed by atoms with van der Waals surface area (Å²) in [5.41, 5.74) is -0.453. The largest absolute Gasteiger partial charge is 0.418 e. The SMILES string of the molecule is CCc1nc(CN(C)C(C)C(=O)Nc2ccc(Cl)cc2C(F)(F)F)cs1. The summed E-state index contributed by atoms with van der Waals surface area (Å²) in [4.78, 5) is 18.6. The third-order valence-electron chi connectivity index (χ3n) is 3.90. The van der Waals surface area contributed by atoms with Crippen molar-refractivity contribution in [2.24, 2.45) is 0 Å². The number of thiazole rings is 1. The number of hydrogen-bond donors (Lipinski definition) is 1. The molecule has 4 nitrogen and oxygen atoms in total. The molecule has 1 unspecified atom stereocenters. The zero-order chi connectivity index (χ0) is 19.5. The van der Waals surface area contributed by atoms with E-state index in [-0.39, 0.29) is 10.7 Å². The Labute approximate surface area is 159 Å². The van der Waals surface area contributed by atoms with Crippen molar-refractivity contribution in [2.75, 3.05) is 12.4 Å². The number of halogens is 4. The zero-order valence-corrected chi connectivity index (χ0v) is 16.1. The summed E-state index contributed by atoms with van der Waals surface area (Å²) in [5, 5.41) is 5.22. The molecule has 0 spiro atoms. The molecular weight excluding hydrogens is 387 g/mol. The predicted octanol–water partition coefficient (Wildman–Crippen LogP) is 4.84. The molecular formula is C17H19ClF3N3OS. The van der Waals surface area contributed by atoms with Crippen LogP contribution in [0, 0.1) is 0 Å². The van der Waals surface area contributed by atoms with Crippen LogP contribution in [-0.2, 0) is 23.9 Å². The van der Waals surface area contributed by atoms with Gasteiger partial charge in [0.05, 0.1) is 28.0 Å². The molecule has 1 heterocycles. The first-order valence-electron chi connectivity index (χ1n) is 7.93. The average molecular weight is 406 g/mol. The van der Waals surface area contributed by atoms with E-state index in [9.17, 15) is 18.0 Å². The van der Waals surface area contributed by atoms with Gasteiger partial charge in [0.1, 0.15) is 0 Å². The van der Waals surface area contributed by atoms with E-state index in [1.54, 1.807) is 30.2 Å². The monoisotopic (exact) mass is 405 g/mol. The summed E-state index contributed by atoms with van der Waals surface area (Å²) < 4.78 is 39.4. The molecule has 1 aromatic heterocycles. The molecule has 0 saturated carbocycles. The van der Waals surface area contributed by atoms with Gasteiger partial charge < -0.3 is 5.32 Å².